The summed E-state index contributed by atoms with van der Waals surface area (Å²) >= 11 is 12.3. The summed E-state index contributed by atoms with van der Waals surface area (Å²) in [6, 6.07) is 5.48. The smallest absolute Gasteiger partial charge is 0.132 e. The lowest BCUT2D eigenvalue weighted by Crippen LogP contribution is -2.14. The molecule has 2 rings (SSSR count). The molecule has 1 N–H and O–H groups in total. The number of hydrogen-bond donors (Lipinski definition) is 1. The van der Waals surface area contributed by atoms with Crippen molar-refractivity contribution in [3.05, 3.63) is 57.6 Å². The second kappa shape index (κ2) is 7.58. The second-order valence-electron chi connectivity index (χ2n) is 4.56. The van der Waals surface area contributed by atoms with Crippen LogP contribution in [0.2, 0.25) is 10.0 Å². The molecule has 0 unspecified atom stereocenters. The molecule has 20 heavy (non-hydrogen) atoms. The zero-order valence-electron chi connectivity index (χ0n) is 11.4. The van der Waals surface area contributed by atoms with E-state index in [1.807, 2.05) is 30.6 Å². The van der Waals surface area contributed by atoms with Crippen LogP contribution in [-0.2, 0) is 13.0 Å². The molecule has 0 amide bonds. The van der Waals surface area contributed by atoms with Gasteiger partial charge in [0.15, 0.2) is 0 Å². The number of aromatic nitrogens is 2. The first kappa shape index (κ1) is 15.2. The highest BCUT2D eigenvalue weighted by atomic mass is 35.5. The van der Waals surface area contributed by atoms with E-state index in [9.17, 15) is 0 Å². The first-order chi connectivity index (χ1) is 9.70. The Kier molecular flexibility index (Phi) is 5.77. The highest BCUT2D eigenvalue weighted by Gasteiger charge is 2.08. The third-order valence-electron chi connectivity index (χ3n) is 2.91. The van der Waals surface area contributed by atoms with Gasteiger partial charge >= 0.3 is 0 Å². The maximum absolute atomic E-state index is 6.15. The summed E-state index contributed by atoms with van der Waals surface area (Å²) in [5.74, 6) is 0.722. The third-order valence-corrected chi connectivity index (χ3v) is 3.62. The predicted molar refractivity (Wildman–Crippen MR) is 83.3 cm³/mol. The fraction of sp³-hybridized carbons (Fsp3) is 0.333. The van der Waals surface area contributed by atoms with Gasteiger partial charge in [0, 0.05) is 41.0 Å². The van der Waals surface area contributed by atoms with Crippen LogP contribution in [0.15, 0.2) is 30.6 Å². The average molecular weight is 310 g/mol. The molecular weight excluding hydrogens is 293 g/mol. The minimum atomic E-state index is 0.543. The van der Waals surface area contributed by atoms with Crippen LogP contribution in [0.25, 0.3) is 0 Å². The molecule has 5 heteroatoms. The molecule has 0 aliphatic carbocycles. The van der Waals surface area contributed by atoms with E-state index >= 15 is 0 Å². The molecule has 0 aliphatic heterocycles. The largest absolute Gasteiger partial charge is 0.313 e. The Balaban J connectivity index is 2.03. The minimum absolute atomic E-state index is 0.543. The van der Waals surface area contributed by atoms with E-state index in [-0.39, 0.29) is 0 Å². The van der Waals surface area contributed by atoms with Crippen LogP contribution >= 0.6 is 23.2 Å². The van der Waals surface area contributed by atoms with Crippen LogP contribution in [0.5, 0.6) is 0 Å². The summed E-state index contributed by atoms with van der Waals surface area (Å²) in [6.45, 7) is 3.93. The Morgan fingerprint density at radius 3 is 2.35 bits per heavy atom. The van der Waals surface area contributed by atoms with Crippen LogP contribution < -0.4 is 5.32 Å². The molecule has 106 valence electrons. The number of halogens is 2. The van der Waals surface area contributed by atoms with Crippen molar-refractivity contribution < 1.29 is 0 Å². The summed E-state index contributed by atoms with van der Waals surface area (Å²) in [7, 11) is 0. The van der Waals surface area contributed by atoms with Crippen molar-refractivity contribution in [1.29, 1.82) is 0 Å². The van der Waals surface area contributed by atoms with Crippen LogP contribution in [0.1, 0.15) is 30.3 Å². The van der Waals surface area contributed by atoms with Gasteiger partial charge in [-0.1, -0.05) is 36.2 Å². The Labute approximate surface area is 129 Å². The van der Waals surface area contributed by atoms with Gasteiger partial charge in [-0.15, -0.1) is 0 Å². The predicted octanol–water partition coefficient (Wildman–Crippen LogP) is 3.87. The van der Waals surface area contributed by atoms with E-state index in [2.05, 4.69) is 22.2 Å². The molecule has 1 aromatic heterocycles. The number of hydrogen-bond acceptors (Lipinski definition) is 3. The minimum Gasteiger partial charge on any atom is -0.313 e. The molecule has 0 radical (unpaired) electrons. The van der Waals surface area contributed by atoms with Crippen LogP contribution in [-0.4, -0.2) is 16.5 Å². The normalized spacial score (nSPS) is 10.8. The maximum Gasteiger partial charge on any atom is 0.132 e. The average Bonchev–Trinajstić information content (AvgIpc) is 2.45. The van der Waals surface area contributed by atoms with Crippen LogP contribution in [0, 0.1) is 0 Å². The van der Waals surface area contributed by atoms with Gasteiger partial charge in [0.1, 0.15) is 5.82 Å². The number of benzene rings is 1. The zero-order chi connectivity index (χ0) is 14.4. The van der Waals surface area contributed by atoms with Gasteiger partial charge in [-0.2, -0.15) is 0 Å². The summed E-state index contributed by atoms with van der Waals surface area (Å²) in [5.41, 5.74) is 1.94. The first-order valence-corrected chi connectivity index (χ1v) is 7.39. The third kappa shape index (κ3) is 4.17. The van der Waals surface area contributed by atoms with Crippen molar-refractivity contribution >= 4 is 23.2 Å². The van der Waals surface area contributed by atoms with E-state index in [1.54, 1.807) is 0 Å². The second-order valence-corrected chi connectivity index (χ2v) is 5.38. The van der Waals surface area contributed by atoms with Crippen molar-refractivity contribution in [3.63, 3.8) is 0 Å². The fourth-order valence-corrected chi connectivity index (χ4v) is 2.36. The molecule has 0 bridgehead atoms. The molecule has 0 saturated heterocycles. The van der Waals surface area contributed by atoms with Gasteiger partial charge in [-0.05, 0) is 30.7 Å². The molecule has 0 aliphatic rings. The van der Waals surface area contributed by atoms with E-state index in [4.69, 9.17) is 23.2 Å². The lowest BCUT2D eigenvalue weighted by atomic mass is 10.1. The topological polar surface area (TPSA) is 37.8 Å². The van der Waals surface area contributed by atoms with Crippen molar-refractivity contribution in [2.45, 2.75) is 26.3 Å². The molecule has 0 spiro atoms. The molecule has 0 saturated carbocycles. The Morgan fingerprint density at radius 2 is 1.75 bits per heavy atom. The standard InChI is InChI=1S/C15H17Cl2N3/c1-2-6-18-8-11-9-19-15(20-10-11)7-12-13(16)4-3-5-14(12)17/h3-5,9-10,18H,2,6-8H2,1H3. The number of rotatable bonds is 6. The lowest BCUT2D eigenvalue weighted by molar-refractivity contribution is 0.670. The number of nitrogens with one attached hydrogen (secondary N) is 1. The van der Waals surface area contributed by atoms with E-state index in [0.29, 0.717) is 16.5 Å². The van der Waals surface area contributed by atoms with Gasteiger partial charge in [0.05, 0.1) is 0 Å². The summed E-state index contributed by atoms with van der Waals surface area (Å²) in [6.07, 6.45) is 5.34. The van der Waals surface area contributed by atoms with Crippen molar-refractivity contribution in [2.75, 3.05) is 6.54 Å². The highest BCUT2D eigenvalue weighted by molar-refractivity contribution is 6.36. The lowest BCUT2D eigenvalue weighted by Gasteiger charge is -2.07. The molecule has 0 atom stereocenters. The molecular formula is C15H17Cl2N3. The highest BCUT2D eigenvalue weighted by Crippen LogP contribution is 2.25. The van der Waals surface area contributed by atoms with Crippen LogP contribution in [0.3, 0.4) is 0 Å². The fourth-order valence-electron chi connectivity index (χ4n) is 1.83. The van der Waals surface area contributed by atoms with Crippen molar-refractivity contribution in [2.24, 2.45) is 0 Å². The van der Waals surface area contributed by atoms with Gasteiger partial charge in [-0.3, -0.25) is 0 Å². The Bertz CT molecular complexity index is 535. The van der Waals surface area contributed by atoms with Gasteiger partial charge in [-0.25, -0.2) is 9.97 Å². The summed E-state index contributed by atoms with van der Waals surface area (Å²) < 4.78 is 0. The van der Waals surface area contributed by atoms with Gasteiger partial charge < -0.3 is 5.32 Å². The first-order valence-electron chi connectivity index (χ1n) is 6.64. The van der Waals surface area contributed by atoms with Crippen LogP contribution in [0.4, 0.5) is 0 Å². The Morgan fingerprint density at radius 1 is 1.10 bits per heavy atom. The summed E-state index contributed by atoms with van der Waals surface area (Å²) in [5, 5.41) is 4.61. The quantitative estimate of drug-likeness (QED) is 0.823. The Hall–Kier alpha value is -1.16. The molecule has 0 fully saturated rings. The van der Waals surface area contributed by atoms with Gasteiger partial charge in [0.2, 0.25) is 0 Å². The number of nitrogens with zero attached hydrogens (tertiary/aromatic N) is 2. The molecule has 1 heterocycles. The van der Waals surface area contributed by atoms with Crippen molar-refractivity contribution in [3.8, 4) is 0 Å². The van der Waals surface area contributed by atoms with E-state index in [1.165, 1.54) is 0 Å². The zero-order valence-corrected chi connectivity index (χ0v) is 12.9. The molecule has 1 aromatic carbocycles. The maximum atomic E-state index is 6.15. The molecule has 2 aromatic rings. The monoisotopic (exact) mass is 309 g/mol. The molecule has 3 nitrogen and oxygen atoms in total. The van der Waals surface area contributed by atoms with Gasteiger partial charge in [0.25, 0.3) is 0 Å². The summed E-state index contributed by atoms with van der Waals surface area (Å²) in [4.78, 5) is 8.73. The van der Waals surface area contributed by atoms with E-state index in [0.717, 1.165) is 36.5 Å². The van der Waals surface area contributed by atoms with E-state index < -0.39 is 0 Å². The SMILES string of the molecule is CCCNCc1cnc(Cc2c(Cl)cccc2Cl)nc1. The van der Waals surface area contributed by atoms with Crippen molar-refractivity contribution in [1.82, 2.24) is 15.3 Å².